The summed E-state index contributed by atoms with van der Waals surface area (Å²) in [7, 11) is 0. The van der Waals surface area contributed by atoms with Gasteiger partial charge in [-0.25, -0.2) is 0 Å². The third kappa shape index (κ3) is 4.85. The van der Waals surface area contributed by atoms with Crippen molar-refractivity contribution in [2.75, 3.05) is 45.9 Å². The Morgan fingerprint density at radius 2 is 2.06 bits per heavy atom. The molecule has 5 heteroatoms. The maximum atomic E-state index is 5.31. The number of morpholine rings is 1. The Morgan fingerprint density at radius 3 is 2.82 bits per heavy atom. The van der Waals surface area contributed by atoms with Gasteiger partial charge in [-0.15, -0.1) is 0 Å². The third-order valence-electron chi connectivity index (χ3n) is 3.01. The van der Waals surface area contributed by atoms with Crippen LogP contribution in [0, 0.1) is 0 Å². The maximum absolute atomic E-state index is 5.31. The van der Waals surface area contributed by atoms with Crippen LogP contribution in [0.15, 0.2) is 18.5 Å². The lowest BCUT2D eigenvalue weighted by atomic mass is 10.4. The lowest BCUT2D eigenvalue weighted by Gasteiger charge is -2.26. The lowest BCUT2D eigenvalue weighted by Crippen LogP contribution is -2.40. The second-order valence-electron chi connectivity index (χ2n) is 4.33. The fourth-order valence-electron chi connectivity index (χ4n) is 1.99. The van der Waals surface area contributed by atoms with Crippen molar-refractivity contribution in [3.63, 3.8) is 0 Å². The van der Waals surface area contributed by atoms with Crippen molar-refractivity contribution in [1.29, 1.82) is 0 Å². The molecule has 0 atom stereocenters. The molecule has 2 heterocycles. The van der Waals surface area contributed by atoms with E-state index in [0.717, 1.165) is 58.9 Å². The molecule has 1 aromatic rings. The fraction of sp³-hybridized carbons (Fsp3) is 0.750. The number of nitrogens with one attached hydrogen (secondary N) is 1. The van der Waals surface area contributed by atoms with E-state index in [1.807, 2.05) is 23.1 Å². The van der Waals surface area contributed by atoms with Crippen LogP contribution in [0.4, 0.5) is 0 Å². The van der Waals surface area contributed by atoms with Gasteiger partial charge in [-0.05, 0) is 19.0 Å². The average molecular weight is 238 g/mol. The van der Waals surface area contributed by atoms with E-state index in [1.165, 1.54) is 0 Å². The fourth-order valence-corrected chi connectivity index (χ4v) is 1.99. The first-order valence-electron chi connectivity index (χ1n) is 6.43. The van der Waals surface area contributed by atoms with Crippen molar-refractivity contribution in [3.8, 4) is 0 Å². The number of rotatable bonds is 7. The van der Waals surface area contributed by atoms with Crippen molar-refractivity contribution in [3.05, 3.63) is 18.5 Å². The summed E-state index contributed by atoms with van der Waals surface area (Å²) in [5, 5.41) is 7.65. The van der Waals surface area contributed by atoms with E-state index in [9.17, 15) is 0 Å². The minimum Gasteiger partial charge on any atom is -0.379 e. The van der Waals surface area contributed by atoms with Crippen LogP contribution < -0.4 is 5.32 Å². The molecule has 1 aliphatic rings. The highest BCUT2D eigenvalue weighted by molar-refractivity contribution is 4.77. The molecular weight excluding hydrogens is 216 g/mol. The molecular formula is C12H22N4O. The minimum atomic E-state index is 0.888. The molecule has 0 unspecified atom stereocenters. The molecule has 0 radical (unpaired) electrons. The van der Waals surface area contributed by atoms with Gasteiger partial charge in [0.15, 0.2) is 0 Å². The van der Waals surface area contributed by atoms with Gasteiger partial charge in [-0.2, -0.15) is 5.10 Å². The zero-order valence-corrected chi connectivity index (χ0v) is 10.3. The van der Waals surface area contributed by atoms with Crippen LogP contribution in [0.5, 0.6) is 0 Å². The maximum Gasteiger partial charge on any atom is 0.0594 e. The van der Waals surface area contributed by atoms with E-state index >= 15 is 0 Å². The summed E-state index contributed by atoms with van der Waals surface area (Å²) in [6.45, 7) is 8.19. The van der Waals surface area contributed by atoms with Crippen LogP contribution in [0.2, 0.25) is 0 Å². The Hall–Kier alpha value is -0.910. The SMILES string of the molecule is c1cnn(CCCNCCN2CCOCC2)c1. The zero-order valence-electron chi connectivity index (χ0n) is 10.3. The Bertz CT molecular complexity index is 283. The molecule has 17 heavy (non-hydrogen) atoms. The standard InChI is InChI=1S/C12H22N4O/c1(6-16-7-2-4-14-16)3-13-5-8-15-9-11-17-12-10-15/h2,4,7,13H,1,3,5-6,8-12H2. The number of ether oxygens (including phenoxy) is 1. The molecule has 0 saturated carbocycles. The summed E-state index contributed by atoms with van der Waals surface area (Å²) < 4.78 is 7.29. The van der Waals surface area contributed by atoms with Crippen LogP contribution >= 0.6 is 0 Å². The molecule has 0 amide bonds. The molecule has 0 aromatic carbocycles. The highest BCUT2D eigenvalue weighted by Crippen LogP contribution is 1.94. The van der Waals surface area contributed by atoms with Gasteiger partial charge >= 0.3 is 0 Å². The normalized spacial score (nSPS) is 17.4. The summed E-state index contributed by atoms with van der Waals surface area (Å²) in [4.78, 5) is 2.45. The highest BCUT2D eigenvalue weighted by atomic mass is 16.5. The Balaban J connectivity index is 1.43. The summed E-state index contributed by atoms with van der Waals surface area (Å²) in [5.74, 6) is 0. The van der Waals surface area contributed by atoms with Crippen LogP contribution in [0.1, 0.15) is 6.42 Å². The summed E-state index contributed by atoms with van der Waals surface area (Å²) in [6, 6.07) is 1.96. The van der Waals surface area contributed by atoms with E-state index in [-0.39, 0.29) is 0 Å². The predicted molar refractivity (Wildman–Crippen MR) is 67.0 cm³/mol. The first-order valence-corrected chi connectivity index (χ1v) is 6.43. The van der Waals surface area contributed by atoms with Gasteiger partial charge in [0.05, 0.1) is 13.2 Å². The first kappa shape index (κ1) is 12.5. The molecule has 96 valence electrons. The van der Waals surface area contributed by atoms with Gasteiger partial charge in [-0.1, -0.05) is 0 Å². The van der Waals surface area contributed by atoms with Gasteiger partial charge in [0.2, 0.25) is 0 Å². The Kier molecular flexibility index (Phi) is 5.48. The molecule has 1 aromatic heterocycles. The molecule has 0 spiro atoms. The predicted octanol–water partition coefficient (Wildman–Crippen LogP) is 0.195. The van der Waals surface area contributed by atoms with Gasteiger partial charge < -0.3 is 10.1 Å². The number of aromatic nitrogens is 2. The number of hydrogen-bond acceptors (Lipinski definition) is 4. The molecule has 0 aliphatic carbocycles. The highest BCUT2D eigenvalue weighted by Gasteiger charge is 2.08. The minimum absolute atomic E-state index is 0.888. The van der Waals surface area contributed by atoms with E-state index in [4.69, 9.17) is 4.74 Å². The number of hydrogen-bond donors (Lipinski definition) is 1. The van der Waals surface area contributed by atoms with E-state index < -0.39 is 0 Å². The second kappa shape index (κ2) is 7.42. The summed E-state index contributed by atoms with van der Waals surface area (Å²) in [6.07, 6.45) is 4.96. The quantitative estimate of drug-likeness (QED) is 0.689. The van der Waals surface area contributed by atoms with Crippen molar-refractivity contribution in [1.82, 2.24) is 20.0 Å². The van der Waals surface area contributed by atoms with Crippen molar-refractivity contribution >= 4 is 0 Å². The summed E-state index contributed by atoms with van der Waals surface area (Å²) >= 11 is 0. The number of aryl methyl sites for hydroxylation is 1. The molecule has 2 rings (SSSR count). The van der Waals surface area contributed by atoms with Crippen LogP contribution in [0.25, 0.3) is 0 Å². The van der Waals surface area contributed by atoms with Crippen molar-refractivity contribution < 1.29 is 4.74 Å². The van der Waals surface area contributed by atoms with Crippen LogP contribution in [-0.4, -0.2) is 60.6 Å². The molecule has 1 saturated heterocycles. The average Bonchev–Trinajstić information content (AvgIpc) is 2.88. The molecule has 0 bridgehead atoms. The van der Waals surface area contributed by atoms with E-state index in [0.29, 0.717) is 0 Å². The van der Waals surface area contributed by atoms with Gasteiger partial charge in [-0.3, -0.25) is 9.58 Å². The molecule has 1 aliphatic heterocycles. The first-order chi connectivity index (χ1) is 8.45. The van der Waals surface area contributed by atoms with E-state index in [2.05, 4.69) is 15.3 Å². The van der Waals surface area contributed by atoms with Crippen LogP contribution in [0.3, 0.4) is 0 Å². The van der Waals surface area contributed by atoms with E-state index in [1.54, 1.807) is 0 Å². The Morgan fingerprint density at radius 1 is 1.18 bits per heavy atom. The largest absolute Gasteiger partial charge is 0.379 e. The summed E-state index contributed by atoms with van der Waals surface area (Å²) in [5.41, 5.74) is 0. The second-order valence-corrected chi connectivity index (χ2v) is 4.33. The van der Waals surface area contributed by atoms with Crippen molar-refractivity contribution in [2.45, 2.75) is 13.0 Å². The molecule has 5 nitrogen and oxygen atoms in total. The topological polar surface area (TPSA) is 42.3 Å². The lowest BCUT2D eigenvalue weighted by molar-refractivity contribution is 0.0384. The Labute approximate surface area is 103 Å². The zero-order chi connectivity index (χ0) is 11.8. The van der Waals surface area contributed by atoms with Gasteiger partial charge in [0, 0.05) is 45.1 Å². The molecule has 1 fully saturated rings. The van der Waals surface area contributed by atoms with Gasteiger partial charge in [0.25, 0.3) is 0 Å². The third-order valence-corrected chi connectivity index (χ3v) is 3.01. The van der Waals surface area contributed by atoms with Crippen molar-refractivity contribution in [2.24, 2.45) is 0 Å². The molecule has 1 N–H and O–H groups in total. The number of nitrogens with zero attached hydrogens (tertiary/aromatic N) is 3. The monoisotopic (exact) mass is 238 g/mol. The van der Waals surface area contributed by atoms with Gasteiger partial charge in [0.1, 0.15) is 0 Å². The smallest absolute Gasteiger partial charge is 0.0594 e. The van der Waals surface area contributed by atoms with Crippen LogP contribution in [-0.2, 0) is 11.3 Å².